The predicted molar refractivity (Wildman–Crippen MR) is 92.8 cm³/mol. The van der Waals surface area contributed by atoms with Gasteiger partial charge in [-0.1, -0.05) is 6.92 Å². The summed E-state index contributed by atoms with van der Waals surface area (Å²) in [6.45, 7) is 5.83. The fraction of sp³-hybridized carbons (Fsp3) is 1.00. The molecule has 0 fully saturated rings. The highest BCUT2D eigenvalue weighted by atomic mass is 16.3. The molecule has 0 heterocycles. The van der Waals surface area contributed by atoms with Crippen LogP contribution in [0.4, 0.5) is 0 Å². The smallest absolute Gasteiger partial charge is 0.113 e. The molecule has 0 aliphatic carbocycles. The van der Waals surface area contributed by atoms with Crippen LogP contribution < -0.4 is 5.73 Å². The molecular weight excluding hydrogens is 280 g/mol. The van der Waals surface area contributed by atoms with Crippen LogP contribution in [0.1, 0.15) is 26.2 Å². The molecule has 0 bridgehead atoms. The lowest BCUT2D eigenvalue weighted by atomic mass is 9.97. The SMILES string of the molecule is CCC(O)C(CN)C(O)N(CCCN(C)C)CCCN(C)C. The Balaban J connectivity index is 4.63. The van der Waals surface area contributed by atoms with Crippen molar-refractivity contribution < 1.29 is 10.2 Å². The molecule has 0 saturated carbocycles. The Morgan fingerprint density at radius 3 is 1.64 bits per heavy atom. The van der Waals surface area contributed by atoms with Crippen molar-refractivity contribution in [2.45, 2.75) is 38.5 Å². The van der Waals surface area contributed by atoms with Gasteiger partial charge in [-0.15, -0.1) is 0 Å². The molecule has 0 saturated heterocycles. The highest BCUT2D eigenvalue weighted by molar-refractivity contribution is 4.78. The van der Waals surface area contributed by atoms with E-state index in [0.717, 1.165) is 39.0 Å². The molecule has 6 heteroatoms. The summed E-state index contributed by atoms with van der Waals surface area (Å²) >= 11 is 0. The lowest BCUT2D eigenvalue weighted by molar-refractivity contribution is -0.0790. The first-order valence-electron chi connectivity index (χ1n) is 8.43. The maximum Gasteiger partial charge on any atom is 0.113 e. The summed E-state index contributed by atoms with van der Waals surface area (Å²) in [4.78, 5) is 6.36. The minimum absolute atomic E-state index is 0.288. The van der Waals surface area contributed by atoms with E-state index in [1.807, 2.05) is 6.92 Å². The van der Waals surface area contributed by atoms with E-state index in [1.165, 1.54) is 0 Å². The van der Waals surface area contributed by atoms with E-state index in [1.54, 1.807) is 0 Å². The van der Waals surface area contributed by atoms with Gasteiger partial charge in [-0.05, 0) is 60.5 Å². The van der Waals surface area contributed by atoms with Crippen LogP contribution >= 0.6 is 0 Å². The molecule has 3 unspecified atom stereocenters. The van der Waals surface area contributed by atoms with Gasteiger partial charge < -0.3 is 25.7 Å². The van der Waals surface area contributed by atoms with Crippen molar-refractivity contribution in [1.82, 2.24) is 14.7 Å². The van der Waals surface area contributed by atoms with E-state index in [-0.39, 0.29) is 5.92 Å². The average Bonchev–Trinajstić information content (AvgIpc) is 2.45. The van der Waals surface area contributed by atoms with Crippen molar-refractivity contribution in [2.24, 2.45) is 11.7 Å². The maximum absolute atomic E-state index is 10.7. The first-order valence-corrected chi connectivity index (χ1v) is 8.43. The molecule has 0 aliphatic rings. The predicted octanol–water partition coefficient (Wildman–Crippen LogP) is -0.144. The Hall–Kier alpha value is -0.240. The number of aliphatic hydroxyl groups is 2. The Kier molecular flexibility index (Phi) is 12.1. The van der Waals surface area contributed by atoms with E-state index in [0.29, 0.717) is 13.0 Å². The number of nitrogens with zero attached hydrogens (tertiary/aromatic N) is 3. The van der Waals surface area contributed by atoms with Crippen LogP contribution in [0.5, 0.6) is 0 Å². The molecule has 4 N–H and O–H groups in total. The van der Waals surface area contributed by atoms with Crippen molar-refractivity contribution >= 4 is 0 Å². The summed E-state index contributed by atoms with van der Waals surface area (Å²) in [5.41, 5.74) is 5.78. The first-order chi connectivity index (χ1) is 10.3. The van der Waals surface area contributed by atoms with E-state index in [9.17, 15) is 10.2 Å². The molecule has 134 valence electrons. The second-order valence-corrected chi connectivity index (χ2v) is 6.64. The summed E-state index contributed by atoms with van der Waals surface area (Å²) in [5.74, 6) is -0.288. The fourth-order valence-electron chi connectivity index (χ4n) is 2.61. The van der Waals surface area contributed by atoms with Crippen LogP contribution in [-0.4, -0.2) is 98.2 Å². The molecule has 0 aliphatic heterocycles. The summed E-state index contributed by atoms with van der Waals surface area (Å²) in [5, 5.41) is 20.7. The van der Waals surface area contributed by atoms with Crippen molar-refractivity contribution in [3.63, 3.8) is 0 Å². The third-order valence-electron chi connectivity index (χ3n) is 4.04. The number of hydrogen-bond donors (Lipinski definition) is 3. The van der Waals surface area contributed by atoms with E-state index >= 15 is 0 Å². The van der Waals surface area contributed by atoms with Gasteiger partial charge in [-0.3, -0.25) is 4.90 Å². The first kappa shape index (κ1) is 21.8. The topological polar surface area (TPSA) is 76.2 Å². The number of hydrogen-bond acceptors (Lipinski definition) is 6. The monoisotopic (exact) mass is 318 g/mol. The molecule has 0 radical (unpaired) electrons. The van der Waals surface area contributed by atoms with Gasteiger partial charge in [0.25, 0.3) is 0 Å². The molecular formula is C16H38N4O2. The third-order valence-corrected chi connectivity index (χ3v) is 4.04. The Labute approximate surface area is 136 Å². The van der Waals surface area contributed by atoms with Crippen LogP contribution in [0.3, 0.4) is 0 Å². The quantitative estimate of drug-likeness (QED) is 0.410. The largest absolute Gasteiger partial charge is 0.393 e. The Bertz CT molecular complexity index is 251. The summed E-state index contributed by atoms with van der Waals surface area (Å²) < 4.78 is 0. The summed E-state index contributed by atoms with van der Waals surface area (Å²) in [7, 11) is 8.21. The Morgan fingerprint density at radius 2 is 1.32 bits per heavy atom. The molecule has 0 aromatic carbocycles. The van der Waals surface area contributed by atoms with Crippen LogP contribution in [-0.2, 0) is 0 Å². The van der Waals surface area contributed by atoms with Crippen molar-refractivity contribution in [1.29, 1.82) is 0 Å². The van der Waals surface area contributed by atoms with Gasteiger partial charge in [0.1, 0.15) is 6.23 Å². The van der Waals surface area contributed by atoms with E-state index < -0.39 is 12.3 Å². The highest BCUT2D eigenvalue weighted by Crippen LogP contribution is 2.16. The number of nitrogens with two attached hydrogens (primary N) is 1. The normalized spacial score (nSPS) is 16.5. The van der Waals surface area contributed by atoms with E-state index in [4.69, 9.17) is 5.73 Å². The summed E-state index contributed by atoms with van der Waals surface area (Å²) in [6.07, 6.45) is 1.37. The van der Waals surface area contributed by atoms with Crippen molar-refractivity contribution in [2.75, 3.05) is 60.9 Å². The zero-order chi connectivity index (χ0) is 17.1. The molecule has 0 spiro atoms. The zero-order valence-electron chi connectivity index (χ0n) is 15.2. The van der Waals surface area contributed by atoms with Crippen LogP contribution in [0.2, 0.25) is 0 Å². The molecule has 6 nitrogen and oxygen atoms in total. The molecule has 0 amide bonds. The third kappa shape index (κ3) is 9.02. The van der Waals surface area contributed by atoms with Gasteiger partial charge in [0.2, 0.25) is 0 Å². The zero-order valence-corrected chi connectivity index (χ0v) is 15.2. The van der Waals surface area contributed by atoms with Gasteiger partial charge >= 0.3 is 0 Å². The van der Waals surface area contributed by atoms with Crippen LogP contribution in [0.15, 0.2) is 0 Å². The number of aliphatic hydroxyl groups excluding tert-OH is 2. The molecule has 0 aromatic heterocycles. The minimum atomic E-state index is -0.677. The van der Waals surface area contributed by atoms with Gasteiger partial charge in [-0.25, -0.2) is 0 Å². The Morgan fingerprint density at radius 1 is 0.864 bits per heavy atom. The lowest BCUT2D eigenvalue weighted by Gasteiger charge is -2.35. The molecule has 0 rings (SSSR count). The summed E-state index contributed by atoms with van der Waals surface area (Å²) in [6, 6.07) is 0. The van der Waals surface area contributed by atoms with Crippen LogP contribution in [0, 0.1) is 5.92 Å². The van der Waals surface area contributed by atoms with E-state index in [2.05, 4.69) is 42.9 Å². The van der Waals surface area contributed by atoms with Gasteiger partial charge in [0.15, 0.2) is 0 Å². The van der Waals surface area contributed by atoms with Gasteiger partial charge in [0, 0.05) is 25.6 Å². The molecule has 0 aromatic rings. The second-order valence-electron chi connectivity index (χ2n) is 6.64. The second kappa shape index (κ2) is 12.2. The molecule has 3 atom stereocenters. The van der Waals surface area contributed by atoms with Gasteiger partial charge in [0.05, 0.1) is 6.10 Å². The van der Waals surface area contributed by atoms with Gasteiger partial charge in [-0.2, -0.15) is 0 Å². The highest BCUT2D eigenvalue weighted by Gasteiger charge is 2.29. The molecule has 22 heavy (non-hydrogen) atoms. The van der Waals surface area contributed by atoms with Crippen LogP contribution in [0.25, 0.3) is 0 Å². The van der Waals surface area contributed by atoms with Crippen molar-refractivity contribution in [3.05, 3.63) is 0 Å². The average molecular weight is 319 g/mol. The minimum Gasteiger partial charge on any atom is -0.393 e. The number of rotatable bonds is 13. The fourth-order valence-corrected chi connectivity index (χ4v) is 2.61. The maximum atomic E-state index is 10.7. The lowest BCUT2D eigenvalue weighted by Crippen LogP contribution is -2.49. The van der Waals surface area contributed by atoms with Crippen molar-refractivity contribution in [3.8, 4) is 0 Å². The standard InChI is InChI=1S/C16H38N4O2/c1-6-15(21)14(13-17)16(22)20(11-7-9-18(2)3)12-8-10-19(4)5/h14-16,21-22H,6-13,17H2,1-5H3.